The van der Waals surface area contributed by atoms with E-state index in [1.165, 1.54) is 0 Å². The van der Waals surface area contributed by atoms with Crippen molar-refractivity contribution in [2.45, 2.75) is 6.54 Å². The number of ether oxygens (including phenoxy) is 2. The first-order valence-corrected chi connectivity index (χ1v) is 6.67. The summed E-state index contributed by atoms with van der Waals surface area (Å²) in [5, 5.41) is 0. The molecule has 0 fully saturated rings. The van der Waals surface area contributed by atoms with E-state index in [0.29, 0.717) is 12.1 Å². The molecule has 0 unspecified atom stereocenters. The Balaban J connectivity index is 2.11. The van der Waals surface area contributed by atoms with Crippen LogP contribution in [0, 0.1) is 0 Å². The fraction of sp³-hybridized carbons (Fsp3) is 0.235. The SMILES string of the molecule is COc1ccc(C(=O)N(C)Cc2ccccc2OC)cc1. The van der Waals surface area contributed by atoms with E-state index < -0.39 is 0 Å². The minimum absolute atomic E-state index is 0.0384. The topological polar surface area (TPSA) is 38.8 Å². The average Bonchev–Trinajstić information content (AvgIpc) is 2.54. The van der Waals surface area contributed by atoms with E-state index in [1.54, 1.807) is 50.4 Å². The number of rotatable bonds is 5. The van der Waals surface area contributed by atoms with Crippen LogP contribution < -0.4 is 9.47 Å². The predicted molar refractivity (Wildman–Crippen MR) is 81.8 cm³/mol. The predicted octanol–water partition coefficient (Wildman–Crippen LogP) is 2.98. The van der Waals surface area contributed by atoms with Crippen molar-refractivity contribution in [3.05, 3.63) is 59.7 Å². The van der Waals surface area contributed by atoms with Gasteiger partial charge in [-0.3, -0.25) is 4.79 Å². The van der Waals surface area contributed by atoms with Gasteiger partial charge in [-0.2, -0.15) is 0 Å². The minimum Gasteiger partial charge on any atom is -0.497 e. The summed E-state index contributed by atoms with van der Waals surface area (Å²) >= 11 is 0. The van der Waals surface area contributed by atoms with E-state index in [-0.39, 0.29) is 5.91 Å². The molecule has 4 nitrogen and oxygen atoms in total. The molecule has 1 amide bonds. The van der Waals surface area contributed by atoms with Crippen molar-refractivity contribution in [1.29, 1.82) is 0 Å². The Bertz CT molecular complexity index is 608. The molecular weight excluding hydrogens is 266 g/mol. The highest BCUT2D eigenvalue weighted by atomic mass is 16.5. The molecule has 2 aromatic rings. The summed E-state index contributed by atoms with van der Waals surface area (Å²) in [5.41, 5.74) is 1.61. The first-order chi connectivity index (χ1) is 10.2. The van der Waals surface area contributed by atoms with Crippen LogP contribution in [-0.4, -0.2) is 32.1 Å². The van der Waals surface area contributed by atoms with Crippen molar-refractivity contribution in [2.24, 2.45) is 0 Å². The number of carbonyl (C=O) groups is 1. The lowest BCUT2D eigenvalue weighted by atomic mass is 10.1. The molecule has 2 aromatic carbocycles. The van der Waals surface area contributed by atoms with Gasteiger partial charge in [-0.25, -0.2) is 0 Å². The molecule has 0 saturated heterocycles. The molecule has 0 heterocycles. The van der Waals surface area contributed by atoms with Crippen molar-refractivity contribution >= 4 is 5.91 Å². The molecule has 0 saturated carbocycles. The number of benzene rings is 2. The van der Waals surface area contributed by atoms with Gasteiger partial charge in [0, 0.05) is 24.7 Å². The van der Waals surface area contributed by atoms with Crippen molar-refractivity contribution in [3.8, 4) is 11.5 Å². The molecule has 110 valence electrons. The molecule has 2 rings (SSSR count). The summed E-state index contributed by atoms with van der Waals surface area (Å²) in [6.45, 7) is 0.495. The lowest BCUT2D eigenvalue weighted by Gasteiger charge is -2.19. The third-order valence-corrected chi connectivity index (χ3v) is 3.28. The third kappa shape index (κ3) is 3.54. The van der Waals surface area contributed by atoms with Gasteiger partial charge in [-0.1, -0.05) is 18.2 Å². The van der Waals surface area contributed by atoms with Crippen molar-refractivity contribution < 1.29 is 14.3 Å². The van der Waals surface area contributed by atoms with E-state index in [4.69, 9.17) is 9.47 Å². The fourth-order valence-electron chi connectivity index (χ4n) is 2.11. The second-order valence-electron chi connectivity index (χ2n) is 4.70. The van der Waals surface area contributed by atoms with Gasteiger partial charge in [0.15, 0.2) is 0 Å². The van der Waals surface area contributed by atoms with Crippen LogP contribution in [0.3, 0.4) is 0 Å². The second kappa shape index (κ2) is 6.79. The number of methoxy groups -OCH3 is 2. The summed E-state index contributed by atoms with van der Waals surface area (Å²) in [6.07, 6.45) is 0. The normalized spacial score (nSPS) is 10.0. The van der Waals surface area contributed by atoms with Crippen LogP contribution in [0.15, 0.2) is 48.5 Å². The van der Waals surface area contributed by atoms with Gasteiger partial charge in [0.05, 0.1) is 14.2 Å². The first-order valence-electron chi connectivity index (χ1n) is 6.67. The fourth-order valence-corrected chi connectivity index (χ4v) is 2.11. The average molecular weight is 285 g/mol. The van der Waals surface area contributed by atoms with Crippen LogP contribution in [0.1, 0.15) is 15.9 Å². The number of amides is 1. The molecule has 0 N–H and O–H groups in total. The molecule has 0 aliphatic heterocycles. The molecule has 0 atom stereocenters. The molecule has 0 aliphatic carbocycles. The van der Waals surface area contributed by atoms with Crippen LogP contribution in [-0.2, 0) is 6.54 Å². The van der Waals surface area contributed by atoms with E-state index in [2.05, 4.69) is 0 Å². The quantitative estimate of drug-likeness (QED) is 0.847. The summed E-state index contributed by atoms with van der Waals surface area (Å²) < 4.78 is 10.4. The van der Waals surface area contributed by atoms with Gasteiger partial charge in [0.25, 0.3) is 5.91 Å². The molecule has 0 aliphatic rings. The monoisotopic (exact) mass is 285 g/mol. The molecule has 0 aromatic heterocycles. The smallest absolute Gasteiger partial charge is 0.253 e. The number of carbonyl (C=O) groups excluding carboxylic acids is 1. The van der Waals surface area contributed by atoms with Crippen LogP contribution in [0.25, 0.3) is 0 Å². The Morgan fingerprint density at radius 2 is 1.67 bits per heavy atom. The van der Waals surface area contributed by atoms with Gasteiger partial charge >= 0.3 is 0 Å². The van der Waals surface area contributed by atoms with Crippen molar-refractivity contribution in [2.75, 3.05) is 21.3 Å². The summed E-state index contributed by atoms with van der Waals surface area (Å²) in [7, 11) is 5.01. The number of hydrogen-bond donors (Lipinski definition) is 0. The van der Waals surface area contributed by atoms with Crippen LogP contribution >= 0.6 is 0 Å². The zero-order chi connectivity index (χ0) is 15.2. The summed E-state index contributed by atoms with van der Waals surface area (Å²) in [6, 6.07) is 14.8. The second-order valence-corrected chi connectivity index (χ2v) is 4.70. The highest BCUT2D eigenvalue weighted by Crippen LogP contribution is 2.20. The van der Waals surface area contributed by atoms with Gasteiger partial charge in [-0.15, -0.1) is 0 Å². The minimum atomic E-state index is -0.0384. The van der Waals surface area contributed by atoms with Crippen LogP contribution in [0.2, 0.25) is 0 Å². The maximum Gasteiger partial charge on any atom is 0.253 e. The van der Waals surface area contributed by atoms with Crippen molar-refractivity contribution in [1.82, 2.24) is 4.90 Å². The molecule has 21 heavy (non-hydrogen) atoms. The zero-order valence-electron chi connectivity index (χ0n) is 12.5. The van der Waals surface area contributed by atoms with Crippen LogP contribution in [0.4, 0.5) is 0 Å². The van der Waals surface area contributed by atoms with Gasteiger partial charge in [-0.05, 0) is 30.3 Å². The van der Waals surface area contributed by atoms with E-state index in [0.717, 1.165) is 17.1 Å². The maximum atomic E-state index is 12.4. The Kier molecular flexibility index (Phi) is 4.82. The molecule has 0 spiro atoms. The van der Waals surface area contributed by atoms with Gasteiger partial charge in [0.1, 0.15) is 11.5 Å². The highest BCUT2D eigenvalue weighted by Gasteiger charge is 2.13. The number of hydrogen-bond acceptors (Lipinski definition) is 3. The lowest BCUT2D eigenvalue weighted by molar-refractivity contribution is 0.0784. The third-order valence-electron chi connectivity index (χ3n) is 3.28. The van der Waals surface area contributed by atoms with E-state index in [9.17, 15) is 4.79 Å². The molecule has 4 heteroatoms. The van der Waals surface area contributed by atoms with Crippen LogP contribution in [0.5, 0.6) is 11.5 Å². The molecule has 0 bridgehead atoms. The van der Waals surface area contributed by atoms with E-state index in [1.807, 2.05) is 24.3 Å². The standard InChI is InChI=1S/C17H19NO3/c1-18(12-14-6-4-5-7-16(14)21-3)17(19)13-8-10-15(20-2)11-9-13/h4-11H,12H2,1-3H3. The highest BCUT2D eigenvalue weighted by molar-refractivity contribution is 5.94. The largest absolute Gasteiger partial charge is 0.497 e. The molecular formula is C17H19NO3. The lowest BCUT2D eigenvalue weighted by Crippen LogP contribution is -2.26. The Hall–Kier alpha value is -2.49. The summed E-state index contributed by atoms with van der Waals surface area (Å²) in [5.74, 6) is 1.48. The van der Waals surface area contributed by atoms with Gasteiger partial charge in [0.2, 0.25) is 0 Å². The Morgan fingerprint density at radius 3 is 2.29 bits per heavy atom. The van der Waals surface area contributed by atoms with E-state index >= 15 is 0 Å². The Morgan fingerprint density at radius 1 is 1.00 bits per heavy atom. The Labute approximate surface area is 124 Å². The maximum absolute atomic E-state index is 12.4. The molecule has 0 radical (unpaired) electrons. The van der Waals surface area contributed by atoms with Crippen molar-refractivity contribution in [3.63, 3.8) is 0 Å². The number of nitrogens with zero attached hydrogens (tertiary/aromatic N) is 1. The number of para-hydroxylation sites is 1. The first kappa shape index (κ1) is 14.9. The zero-order valence-corrected chi connectivity index (χ0v) is 12.5. The summed E-state index contributed by atoms with van der Waals surface area (Å²) in [4.78, 5) is 14.1. The van der Waals surface area contributed by atoms with Gasteiger partial charge < -0.3 is 14.4 Å².